The van der Waals surface area contributed by atoms with E-state index in [0.29, 0.717) is 24.5 Å². The van der Waals surface area contributed by atoms with Crippen LogP contribution in [0.1, 0.15) is 20.3 Å². The zero-order valence-corrected chi connectivity index (χ0v) is 14.5. The molecule has 0 saturated carbocycles. The Morgan fingerprint density at radius 3 is 2.64 bits per heavy atom. The van der Waals surface area contributed by atoms with Gasteiger partial charge in [-0.25, -0.2) is 4.39 Å². The van der Waals surface area contributed by atoms with Crippen molar-refractivity contribution >= 4 is 23.2 Å². The fraction of sp³-hybridized carbons (Fsp3) is 0.444. The number of nitrogens with zero attached hydrogens (tertiary/aromatic N) is 1. The van der Waals surface area contributed by atoms with Crippen molar-refractivity contribution in [1.29, 1.82) is 0 Å². The third-order valence-electron chi connectivity index (χ3n) is 3.79. The lowest BCUT2D eigenvalue weighted by molar-refractivity contribution is -0.117. The molecule has 25 heavy (non-hydrogen) atoms. The molecule has 0 unspecified atom stereocenters. The Kier molecular flexibility index (Phi) is 6.52. The highest BCUT2D eigenvalue weighted by Crippen LogP contribution is 2.25. The predicted octanol–water partition coefficient (Wildman–Crippen LogP) is 2.07. The number of hydrogen-bond donors (Lipinski definition) is 2. The molecule has 1 fully saturated rings. The maximum absolute atomic E-state index is 14.0. The summed E-state index contributed by atoms with van der Waals surface area (Å²) in [5, 5.41) is 5.18. The molecule has 0 spiro atoms. The number of amides is 2. The first-order valence-electron chi connectivity index (χ1n) is 8.28. The number of ether oxygens (including phenoxy) is 1. The Morgan fingerprint density at radius 2 is 2.00 bits per heavy atom. The molecule has 2 atom stereocenters. The first-order valence-corrected chi connectivity index (χ1v) is 8.28. The number of anilines is 2. The van der Waals surface area contributed by atoms with Crippen molar-refractivity contribution in [1.82, 2.24) is 5.32 Å². The van der Waals surface area contributed by atoms with Gasteiger partial charge in [0.25, 0.3) is 0 Å². The highest BCUT2D eigenvalue weighted by atomic mass is 19.1. The van der Waals surface area contributed by atoms with Gasteiger partial charge in [-0.15, -0.1) is 0 Å². The van der Waals surface area contributed by atoms with Crippen LogP contribution in [0.3, 0.4) is 0 Å². The maximum atomic E-state index is 14.0. The fourth-order valence-corrected chi connectivity index (χ4v) is 2.81. The molecule has 0 aromatic heterocycles. The van der Waals surface area contributed by atoms with Crippen LogP contribution in [0.4, 0.5) is 15.8 Å². The Bertz CT molecular complexity index is 640. The minimum atomic E-state index is -0.417. The van der Waals surface area contributed by atoms with E-state index < -0.39 is 5.82 Å². The molecule has 1 aliphatic heterocycles. The van der Waals surface area contributed by atoms with Gasteiger partial charge in [0.15, 0.2) is 0 Å². The second kappa shape index (κ2) is 8.62. The fourth-order valence-electron chi connectivity index (χ4n) is 2.81. The third kappa shape index (κ3) is 5.86. The standard InChI is InChI=1S/C18H24FN3O3/c1-4-17(23)20-6-5-18(24)21-15-7-14(19)8-16(9-15)22-10-12(2)25-13(3)11-22/h4,7-9,12-13H,1,5-6,10-11H2,2-3H3,(H,20,23)(H,21,24)/t12-,13+. The topological polar surface area (TPSA) is 70.7 Å². The van der Waals surface area contributed by atoms with Crippen molar-refractivity contribution in [3.63, 3.8) is 0 Å². The van der Waals surface area contributed by atoms with Gasteiger partial charge in [-0.05, 0) is 38.1 Å². The minimum absolute atomic E-state index is 0.0542. The van der Waals surface area contributed by atoms with E-state index in [2.05, 4.69) is 17.2 Å². The number of hydrogen-bond acceptors (Lipinski definition) is 4. The lowest BCUT2D eigenvalue weighted by Crippen LogP contribution is -2.45. The monoisotopic (exact) mass is 349 g/mol. The van der Waals surface area contributed by atoms with E-state index >= 15 is 0 Å². The lowest BCUT2D eigenvalue weighted by Gasteiger charge is -2.37. The van der Waals surface area contributed by atoms with Crippen LogP contribution >= 0.6 is 0 Å². The number of benzene rings is 1. The van der Waals surface area contributed by atoms with Gasteiger partial charge in [0.2, 0.25) is 11.8 Å². The van der Waals surface area contributed by atoms with Gasteiger partial charge < -0.3 is 20.3 Å². The molecule has 1 aromatic carbocycles. The molecule has 1 aromatic rings. The molecule has 2 N–H and O–H groups in total. The molecule has 2 amide bonds. The smallest absolute Gasteiger partial charge is 0.243 e. The van der Waals surface area contributed by atoms with Crippen molar-refractivity contribution in [3.8, 4) is 0 Å². The Morgan fingerprint density at radius 1 is 1.32 bits per heavy atom. The minimum Gasteiger partial charge on any atom is -0.372 e. The van der Waals surface area contributed by atoms with E-state index in [0.717, 1.165) is 6.08 Å². The van der Waals surface area contributed by atoms with Crippen molar-refractivity contribution in [3.05, 3.63) is 36.7 Å². The predicted molar refractivity (Wildman–Crippen MR) is 95.1 cm³/mol. The van der Waals surface area contributed by atoms with Gasteiger partial charge in [-0.1, -0.05) is 6.58 Å². The summed E-state index contributed by atoms with van der Waals surface area (Å²) in [6.07, 6.45) is 1.34. The van der Waals surface area contributed by atoms with Gasteiger partial charge in [-0.2, -0.15) is 0 Å². The number of morpholine rings is 1. The van der Waals surface area contributed by atoms with Crippen molar-refractivity contribution in [2.24, 2.45) is 0 Å². The highest BCUT2D eigenvalue weighted by molar-refractivity contribution is 5.92. The van der Waals surface area contributed by atoms with Crippen LogP contribution in [0.25, 0.3) is 0 Å². The van der Waals surface area contributed by atoms with Crippen LogP contribution in [-0.2, 0) is 14.3 Å². The summed E-state index contributed by atoms with van der Waals surface area (Å²) < 4.78 is 19.6. The summed E-state index contributed by atoms with van der Waals surface area (Å²) in [4.78, 5) is 25.0. The molecular weight excluding hydrogens is 325 g/mol. The second-order valence-corrected chi connectivity index (χ2v) is 6.15. The van der Waals surface area contributed by atoms with E-state index in [1.54, 1.807) is 6.07 Å². The second-order valence-electron chi connectivity index (χ2n) is 6.15. The Balaban J connectivity index is 1.99. The summed E-state index contributed by atoms with van der Waals surface area (Å²) in [6, 6.07) is 4.47. The normalized spacial score (nSPS) is 20.0. The van der Waals surface area contributed by atoms with Crippen LogP contribution in [0.15, 0.2) is 30.9 Å². The Labute approximate surface area is 147 Å². The first-order chi connectivity index (χ1) is 11.9. The van der Waals surface area contributed by atoms with Crippen LogP contribution in [0.5, 0.6) is 0 Å². The average molecular weight is 349 g/mol. The molecule has 1 heterocycles. The van der Waals surface area contributed by atoms with E-state index in [4.69, 9.17) is 4.74 Å². The number of carbonyl (C=O) groups excluding carboxylic acids is 2. The number of rotatable bonds is 6. The summed E-state index contributed by atoms with van der Waals surface area (Å²) in [7, 11) is 0. The molecule has 6 nitrogen and oxygen atoms in total. The molecule has 0 aliphatic carbocycles. The van der Waals surface area contributed by atoms with Crippen LogP contribution < -0.4 is 15.5 Å². The van der Waals surface area contributed by atoms with Crippen molar-refractivity contribution in [2.75, 3.05) is 29.9 Å². The molecule has 1 aliphatic rings. The summed E-state index contributed by atoms with van der Waals surface area (Å²) in [6.45, 7) is 8.80. The summed E-state index contributed by atoms with van der Waals surface area (Å²) in [5.41, 5.74) is 1.10. The van der Waals surface area contributed by atoms with Gasteiger partial charge in [0.1, 0.15) is 5.82 Å². The molecule has 136 valence electrons. The van der Waals surface area contributed by atoms with Crippen molar-refractivity contribution in [2.45, 2.75) is 32.5 Å². The van der Waals surface area contributed by atoms with Gasteiger partial charge >= 0.3 is 0 Å². The number of nitrogens with one attached hydrogen (secondary N) is 2. The quantitative estimate of drug-likeness (QED) is 0.772. The number of halogens is 1. The first kappa shape index (κ1) is 18.9. The molecule has 1 saturated heterocycles. The lowest BCUT2D eigenvalue weighted by atomic mass is 10.2. The average Bonchev–Trinajstić information content (AvgIpc) is 2.53. The SMILES string of the molecule is C=CC(=O)NCCC(=O)Nc1cc(F)cc(N2C[C@@H](C)O[C@@H](C)C2)c1. The largest absolute Gasteiger partial charge is 0.372 e. The van der Waals surface area contributed by atoms with Gasteiger partial charge in [-0.3, -0.25) is 9.59 Å². The van der Waals surface area contributed by atoms with Crippen LogP contribution in [0, 0.1) is 5.82 Å². The molecular formula is C18H24FN3O3. The van der Waals surface area contributed by atoms with Crippen LogP contribution in [-0.4, -0.2) is 43.7 Å². The highest BCUT2D eigenvalue weighted by Gasteiger charge is 2.23. The zero-order valence-electron chi connectivity index (χ0n) is 14.5. The number of carbonyl (C=O) groups is 2. The van der Waals surface area contributed by atoms with Gasteiger partial charge in [0.05, 0.1) is 12.2 Å². The summed E-state index contributed by atoms with van der Waals surface area (Å²) >= 11 is 0. The van der Waals surface area contributed by atoms with Gasteiger partial charge in [0, 0.05) is 37.4 Å². The van der Waals surface area contributed by atoms with Crippen LogP contribution in [0.2, 0.25) is 0 Å². The van der Waals surface area contributed by atoms with E-state index in [-0.39, 0.29) is 37.0 Å². The molecule has 0 bridgehead atoms. The van der Waals surface area contributed by atoms with E-state index in [9.17, 15) is 14.0 Å². The zero-order chi connectivity index (χ0) is 18.4. The molecule has 2 rings (SSSR count). The molecule has 7 heteroatoms. The van der Waals surface area contributed by atoms with Crippen molar-refractivity contribution < 1.29 is 18.7 Å². The van der Waals surface area contributed by atoms with E-state index in [1.165, 1.54) is 12.1 Å². The molecule has 0 radical (unpaired) electrons. The summed E-state index contributed by atoms with van der Waals surface area (Å²) in [5.74, 6) is -1.06. The Hall–Kier alpha value is -2.41. The van der Waals surface area contributed by atoms with E-state index in [1.807, 2.05) is 18.7 Å². The third-order valence-corrected chi connectivity index (χ3v) is 3.79. The maximum Gasteiger partial charge on any atom is 0.243 e.